The number of phenols is 1. The molecule has 0 aliphatic carbocycles. The first-order valence-electron chi connectivity index (χ1n) is 7.92. The van der Waals surface area contributed by atoms with E-state index in [1.165, 1.54) is 26.4 Å². The third kappa shape index (κ3) is 7.11. The fourth-order valence-corrected chi connectivity index (χ4v) is 2.13. The van der Waals surface area contributed by atoms with Crippen LogP contribution in [0.15, 0.2) is 36.4 Å². The van der Waals surface area contributed by atoms with Crippen LogP contribution in [0.1, 0.15) is 51.0 Å². The first-order valence-corrected chi connectivity index (χ1v) is 7.92. The molecule has 1 aromatic rings. The summed E-state index contributed by atoms with van der Waals surface area (Å²) in [6.07, 6.45) is 13.4. The molecule has 3 nitrogen and oxygen atoms in total. The highest BCUT2D eigenvalue weighted by Gasteiger charge is 1.99. The van der Waals surface area contributed by atoms with Crippen LogP contribution < -0.4 is 4.74 Å². The highest BCUT2D eigenvalue weighted by molar-refractivity contribution is 5.89. The Kier molecular flexibility index (Phi) is 8.73. The van der Waals surface area contributed by atoms with E-state index in [9.17, 15) is 9.90 Å². The number of unbranched alkanes of at least 4 members (excludes halogenated alkanes) is 4. The molecular weight excluding hydrogens is 276 g/mol. The van der Waals surface area contributed by atoms with Crippen molar-refractivity contribution < 1.29 is 14.6 Å². The van der Waals surface area contributed by atoms with E-state index in [1.807, 2.05) is 12.1 Å². The van der Waals surface area contributed by atoms with Gasteiger partial charge in [-0.05, 0) is 30.2 Å². The normalized spacial score (nSPS) is 11.4. The third-order valence-electron chi connectivity index (χ3n) is 3.41. The molecule has 1 aromatic carbocycles. The molecular formula is C19H26O3. The molecule has 0 aliphatic rings. The van der Waals surface area contributed by atoms with E-state index in [-0.39, 0.29) is 11.5 Å². The molecule has 0 fully saturated rings. The van der Waals surface area contributed by atoms with Gasteiger partial charge in [0.15, 0.2) is 17.3 Å². The van der Waals surface area contributed by atoms with Crippen LogP contribution in [0.3, 0.4) is 0 Å². The Morgan fingerprint density at radius 3 is 2.64 bits per heavy atom. The summed E-state index contributed by atoms with van der Waals surface area (Å²) in [5, 5.41) is 9.66. The van der Waals surface area contributed by atoms with Gasteiger partial charge in [-0.25, -0.2) is 0 Å². The van der Waals surface area contributed by atoms with Gasteiger partial charge >= 0.3 is 0 Å². The van der Waals surface area contributed by atoms with Crippen LogP contribution >= 0.6 is 0 Å². The number of carbonyl (C=O) groups excluding carboxylic acids is 1. The molecule has 1 rings (SSSR count). The molecule has 120 valence electrons. The summed E-state index contributed by atoms with van der Waals surface area (Å²) in [4.78, 5) is 11.6. The first kappa shape index (κ1) is 18.0. The molecule has 0 aliphatic heterocycles. The molecule has 22 heavy (non-hydrogen) atoms. The number of hydrogen-bond acceptors (Lipinski definition) is 3. The summed E-state index contributed by atoms with van der Waals surface area (Å²) >= 11 is 0. The van der Waals surface area contributed by atoms with Gasteiger partial charge in [0, 0.05) is 6.42 Å². The summed E-state index contributed by atoms with van der Waals surface area (Å²) in [6, 6.07) is 5.18. The molecule has 0 spiro atoms. The molecule has 0 saturated carbocycles. The molecule has 0 heterocycles. The van der Waals surface area contributed by atoms with Crippen LogP contribution in [0.2, 0.25) is 0 Å². The molecule has 0 atom stereocenters. The summed E-state index contributed by atoms with van der Waals surface area (Å²) in [5.41, 5.74) is 0.856. The van der Waals surface area contributed by atoms with Gasteiger partial charge in [-0.1, -0.05) is 56.9 Å². The molecule has 1 N–H and O–H groups in total. The molecule has 3 heteroatoms. The highest BCUT2D eigenvalue weighted by Crippen LogP contribution is 2.26. The average molecular weight is 302 g/mol. The average Bonchev–Trinajstić information content (AvgIpc) is 2.51. The number of aromatic hydroxyl groups is 1. The summed E-state index contributed by atoms with van der Waals surface area (Å²) < 4.78 is 4.99. The summed E-state index contributed by atoms with van der Waals surface area (Å²) in [5.74, 6) is 0.724. The van der Waals surface area contributed by atoms with E-state index in [0.29, 0.717) is 12.2 Å². The van der Waals surface area contributed by atoms with E-state index < -0.39 is 0 Å². The second-order valence-corrected chi connectivity index (χ2v) is 5.28. The van der Waals surface area contributed by atoms with Crippen LogP contribution in [-0.4, -0.2) is 18.0 Å². The predicted octanol–water partition coefficient (Wildman–Crippen LogP) is 4.90. The van der Waals surface area contributed by atoms with Gasteiger partial charge in [-0.2, -0.15) is 0 Å². The quantitative estimate of drug-likeness (QED) is 0.380. The maximum Gasteiger partial charge on any atom is 0.160 e. The smallest absolute Gasteiger partial charge is 0.160 e. The van der Waals surface area contributed by atoms with E-state index >= 15 is 0 Å². The van der Waals surface area contributed by atoms with E-state index in [4.69, 9.17) is 4.74 Å². The Balaban J connectivity index is 2.35. The number of methoxy groups -OCH3 is 1. The summed E-state index contributed by atoms with van der Waals surface area (Å²) in [6.45, 7) is 2.18. The predicted molar refractivity (Wildman–Crippen MR) is 91.2 cm³/mol. The lowest BCUT2D eigenvalue weighted by Crippen LogP contribution is -1.91. The van der Waals surface area contributed by atoms with Gasteiger partial charge in [0.05, 0.1) is 7.11 Å². The number of ether oxygens (including phenoxy) is 1. The largest absolute Gasteiger partial charge is 0.504 e. The maximum absolute atomic E-state index is 11.6. The van der Waals surface area contributed by atoms with Crippen LogP contribution in [0.25, 0.3) is 6.08 Å². The monoisotopic (exact) mass is 302 g/mol. The minimum atomic E-state index is 0.108. The van der Waals surface area contributed by atoms with Gasteiger partial charge < -0.3 is 9.84 Å². The second-order valence-electron chi connectivity index (χ2n) is 5.28. The van der Waals surface area contributed by atoms with E-state index in [0.717, 1.165) is 18.4 Å². The highest BCUT2D eigenvalue weighted by atomic mass is 16.5. The first-order chi connectivity index (χ1) is 10.7. The Morgan fingerprint density at radius 2 is 1.95 bits per heavy atom. The number of rotatable bonds is 10. The zero-order valence-electron chi connectivity index (χ0n) is 13.5. The van der Waals surface area contributed by atoms with Gasteiger partial charge in [0.2, 0.25) is 0 Å². The molecule has 0 unspecified atom stereocenters. The molecule has 0 saturated heterocycles. The number of phenolic OH excluding ortho intramolecular Hbond substituents is 1. The molecule has 0 bridgehead atoms. The zero-order valence-corrected chi connectivity index (χ0v) is 13.5. The van der Waals surface area contributed by atoms with Crippen LogP contribution in [0.5, 0.6) is 11.5 Å². The number of ketones is 1. The number of benzene rings is 1. The lowest BCUT2D eigenvalue weighted by Gasteiger charge is -2.02. The van der Waals surface area contributed by atoms with Gasteiger partial charge in [0.25, 0.3) is 0 Å². The second kappa shape index (κ2) is 10.7. The lowest BCUT2D eigenvalue weighted by molar-refractivity contribution is -0.114. The maximum atomic E-state index is 11.6. The Morgan fingerprint density at radius 1 is 1.18 bits per heavy atom. The van der Waals surface area contributed by atoms with Crippen LogP contribution in [-0.2, 0) is 4.79 Å². The Labute approximate surface area is 133 Å². The minimum absolute atomic E-state index is 0.108. The van der Waals surface area contributed by atoms with Crippen molar-refractivity contribution in [2.45, 2.75) is 45.4 Å². The van der Waals surface area contributed by atoms with Crippen molar-refractivity contribution in [2.24, 2.45) is 0 Å². The van der Waals surface area contributed by atoms with E-state index in [2.05, 4.69) is 6.92 Å². The lowest BCUT2D eigenvalue weighted by atomic mass is 10.1. The number of hydrogen-bond donors (Lipinski definition) is 1. The van der Waals surface area contributed by atoms with Crippen molar-refractivity contribution in [2.75, 3.05) is 7.11 Å². The van der Waals surface area contributed by atoms with Crippen molar-refractivity contribution >= 4 is 11.9 Å². The molecule has 0 aromatic heterocycles. The Bertz CT molecular complexity index is 515. The van der Waals surface area contributed by atoms with Crippen LogP contribution in [0.4, 0.5) is 0 Å². The number of carbonyl (C=O) groups is 1. The minimum Gasteiger partial charge on any atom is -0.504 e. The van der Waals surface area contributed by atoms with Crippen molar-refractivity contribution in [3.8, 4) is 11.5 Å². The fraction of sp³-hybridized carbons (Fsp3) is 0.421. The Hall–Kier alpha value is -2.03. The van der Waals surface area contributed by atoms with Crippen molar-refractivity contribution in [3.05, 3.63) is 42.0 Å². The van der Waals surface area contributed by atoms with Crippen molar-refractivity contribution in [3.63, 3.8) is 0 Å². The number of allylic oxidation sites excluding steroid dienone is 3. The van der Waals surface area contributed by atoms with E-state index in [1.54, 1.807) is 30.4 Å². The topological polar surface area (TPSA) is 46.5 Å². The van der Waals surface area contributed by atoms with Gasteiger partial charge in [0.1, 0.15) is 0 Å². The van der Waals surface area contributed by atoms with Crippen molar-refractivity contribution in [1.29, 1.82) is 0 Å². The van der Waals surface area contributed by atoms with Gasteiger partial charge in [-0.3, -0.25) is 4.79 Å². The zero-order chi connectivity index (χ0) is 16.2. The SMILES string of the molecule is CCCCCCCC(=O)C=CC=Cc1ccc(OC)c(O)c1. The standard InChI is InChI=1S/C19H26O3/c1-3-4-5-6-7-11-17(20)12-9-8-10-16-13-14-19(22-2)18(21)15-16/h8-10,12-15,21H,3-7,11H2,1-2H3. The van der Waals surface area contributed by atoms with Crippen LogP contribution in [0, 0.1) is 0 Å². The summed E-state index contributed by atoms with van der Waals surface area (Å²) in [7, 11) is 1.52. The molecule has 0 radical (unpaired) electrons. The van der Waals surface area contributed by atoms with Gasteiger partial charge in [-0.15, -0.1) is 0 Å². The van der Waals surface area contributed by atoms with Crippen molar-refractivity contribution in [1.82, 2.24) is 0 Å². The molecule has 0 amide bonds. The fourth-order valence-electron chi connectivity index (χ4n) is 2.13. The third-order valence-corrected chi connectivity index (χ3v) is 3.41.